The number of H-pyrrole nitrogens is 1. The van der Waals surface area contributed by atoms with Crippen molar-refractivity contribution in [2.75, 3.05) is 12.0 Å². The van der Waals surface area contributed by atoms with E-state index in [0.29, 0.717) is 29.2 Å². The normalized spacial score (nSPS) is 27.3. The van der Waals surface area contributed by atoms with E-state index in [9.17, 15) is 24.5 Å². The van der Waals surface area contributed by atoms with Gasteiger partial charge in [0.1, 0.15) is 18.1 Å². The van der Waals surface area contributed by atoms with Gasteiger partial charge < -0.3 is 14.5 Å². The van der Waals surface area contributed by atoms with Crippen LogP contribution in [0.15, 0.2) is 76.6 Å². The highest BCUT2D eigenvalue weighted by Crippen LogP contribution is 2.69. The van der Waals surface area contributed by atoms with E-state index < -0.39 is 22.7 Å². The molecule has 8 rings (SSSR count). The molecule has 2 saturated carbocycles. The first-order chi connectivity index (χ1) is 22.2. The Morgan fingerprint density at radius 3 is 2.48 bits per heavy atom. The molecule has 3 fully saturated rings. The van der Waals surface area contributed by atoms with Crippen LogP contribution in [0.25, 0.3) is 0 Å². The number of hydrogen-bond donors (Lipinski definition) is 1. The quantitative estimate of drug-likeness (QED) is 0.148. The van der Waals surface area contributed by atoms with Crippen molar-refractivity contribution in [3.63, 3.8) is 0 Å². The average molecular weight is 656 g/mol. The number of amides is 2. The smallest absolute Gasteiger partial charge is 0.305 e. The lowest BCUT2D eigenvalue weighted by Crippen LogP contribution is -2.42. The Kier molecular flexibility index (Phi) is 6.84. The molecule has 4 aromatic rings. The molecule has 3 aromatic carbocycles. The zero-order valence-corrected chi connectivity index (χ0v) is 26.5. The predicted molar refractivity (Wildman–Crippen MR) is 173 cm³/mol. The Morgan fingerprint density at radius 2 is 1.76 bits per heavy atom. The Hall–Kier alpha value is -4.42. The van der Waals surface area contributed by atoms with Crippen LogP contribution in [-0.2, 0) is 16.2 Å². The lowest BCUT2D eigenvalue weighted by Gasteiger charge is -2.43. The van der Waals surface area contributed by atoms with E-state index in [1.807, 2.05) is 31.2 Å². The van der Waals surface area contributed by atoms with Gasteiger partial charge in [-0.25, -0.2) is 0 Å². The van der Waals surface area contributed by atoms with E-state index in [1.54, 1.807) is 55.3 Å². The van der Waals surface area contributed by atoms with Crippen molar-refractivity contribution in [3.05, 3.63) is 108 Å². The number of carbonyl (C=O) groups is 2. The number of hydrogen-bond acceptors (Lipinski definition) is 9. The van der Waals surface area contributed by atoms with Gasteiger partial charge in [-0.2, -0.15) is 0 Å². The van der Waals surface area contributed by atoms with E-state index >= 15 is 0 Å². The number of benzene rings is 3. The molecule has 3 heterocycles. The second-order valence-corrected chi connectivity index (χ2v) is 14.6. The average Bonchev–Trinajstić information content (AvgIpc) is 3.79. The molecule has 0 radical (unpaired) electrons. The van der Waals surface area contributed by atoms with Crippen molar-refractivity contribution in [2.45, 2.75) is 36.1 Å². The van der Waals surface area contributed by atoms with Crippen molar-refractivity contribution >= 4 is 46.3 Å². The summed E-state index contributed by atoms with van der Waals surface area (Å²) >= 11 is 2.68. The highest BCUT2D eigenvalue weighted by atomic mass is 32.2. The minimum absolute atomic E-state index is 0.0644. The third-order valence-corrected chi connectivity index (χ3v) is 12.7. The maximum absolute atomic E-state index is 14.1. The van der Waals surface area contributed by atoms with Gasteiger partial charge in [0.15, 0.2) is 0 Å². The maximum atomic E-state index is 14.1. The van der Waals surface area contributed by atoms with Crippen LogP contribution in [0.4, 0.5) is 11.4 Å². The fourth-order valence-electron chi connectivity index (χ4n) is 8.34. The molecule has 6 unspecified atom stereocenters. The third kappa shape index (κ3) is 4.41. The number of thiazole rings is 1. The molecular formula is C34H29N3O7S2. The van der Waals surface area contributed by atoms with Crippen LogP contribution in [-0.4, -0.2) is 34.1 Å². The van der Waals surface area contributed by atoms with Crippen molar-refractivity contribution in [1.82, 2.24) is 4.98 Å². The van der Waals surface area contributed by atoms with Gasteiger partial charge in [0.25, 0.3) is 5.69 Å². The van der Waals surface area contributed by atoms with Crippen molar-refractivity contribution in [1.29, 1.82) is 0 Å². The lowest BCUT2D eigenvalue weighted by molar-refractivity contribution is -0.385. The number of ether oxygens (including phenoxy) is 2. The summed E-state index contributed by atoms with van der Waals surface area (Å²) in [5.41, 5.74) is 3.13. The summed E-state index contributed by atoms with van der Waals surface area (Å²) in [6.07, 6.45) is 0.704. The summed E-state index contributed by atoms with van der Waals surface area (Å²) < 4.78 is 11.6. The number of rotatable bonds is 7. The van der Waals surface area contributed by atoms with Gasteiger partial charge in [-0.3, -0.25) is 29.4 Å². The van der Waals surface area contributed by atoms with Gasteiger partial charge in [-0.05, 0) is 67.0 Å². The largest absolute Gasteiger partial charge is 0.497 e. The van der Waals surface area contributed by atoms with Crippen LogP contribution in [0.5, 0.6) is 11.5 Å². The number of nitrogens with zero attached hydrogens (tertiary/aromatic N) is 2. The number of methoxy groups -OCH3 is 1. The SMILES string of the molecule is COc1ccc(N2C(=O)C3C4CC(C3C2=O)C2C4Sc3[nH]c(=O)sc3[C@@H]2c2cc([N+](=O)[O-])ccc2OCc2cccc(C)c2)cc1. The summed E-state index contributed by atoms with van der Waals surface area (Å²) in [7, 11) is 1.56. The van der Waals surface area contributed by atoms with E-state index in [4.69, 9.17) is 9.47 Å². The lowest BCUT2D eigenvalue weighted by atomic mass is 9.68. The van der Waals surface area contributed by atoms with Crippen LogP contribution in [0, 0.1) is 46.6 Å². The molecule has 2 amide bonds. The van der Waals surface area contributed by atoms with Crippen molar-refractivity contribution < 1.29 is 24.0 Å². The first-order valence-corrected chi connectivity index (χ1v) is 16.8. The fourth-order valence-corrected chi connectivity index (χ4v) is 11.2. The van der Waals surface area contributed by atoms with Gasteiger partial charge in [0.2, 0.25) is 11.8 Å². The maximum Gasteiger partial charge on any atom is 0.305 e. The topological polar surface area (TPSA) is 132 Å². The number of aryl methyl sites for hydroxylation is 1. The minimum Gasteiger partial charge on any atom is -0.497 e. The number of aromatic nitrogens is 1. The molecule has 0 spiro atoms. The number of carbonyl (C=O) groups excluding carboxylic acids is 2. The summed E-state index contributed by atoms with van der Waals surface area (Å²) in [6.45, 7) is 2.27. The van der Waals surface area contributed by atoms with Gasteiger partial charge in [0, 0.05) is 33.7 Å². The van der Waals surface area contributed by atoms with E-state index in [-0.39, 0.29) is 52.0 Å². The van der Waals surface area contributed by atoms with E-state index in [1.165, 1.54) is 11.0 Å². The van der Waals surface area contributed by atoms with Gasteiger partial charge in [-0.1, -0.05) is 41.2 Å². The predicted octanol–water partition coefficient (Wildman–Crippen LogP) is 5.92. The van der Waals surface area contributed by atoms with Gasteiger partial charge in [-0.15, -0.1) is 11.8 Å². The van der Waals surface area contributed by atoms with Crippen molar-refractivity contribution in [3.8, 4) is 11.5 Å². The standard InChI is InChI=1S/C34H29N3O7S2/c1-16-4-3-5-17(12-16)15-44-24-11-8-19(37(41)42)13-21(24)25-26-22-14-23(29(26)45-31-30(25)46-34(40)35-31)28-27(22)32(38)36(33(28)39)18-6-9-20(43-2)10-7-18/h3-13,22-23,25-29H,14-15H2,1-2H3,(H,35,40)/t22?,23?,25-,26?,27?,28?,29?/m1/s1. The molecule has 234 valence electrons. The molecule has 2 aliphatic carbocycles. The molecule has 2 bridgehead atoms. The number of nitro groups is 1. The number of fused-ring (bicyclic) bond motifs is 9. The number of thioether (sulfide) groups is 1. The summed E-state index contributed by atoms with van der Waals surface area (Å²) in [6, 6.07) is 19.5. The summed E-state index contributed by atoms with van der Waals surface area (Å²) in [4.78, 5) is 57.3. The Labute approximate surface area is 271 Å². The molecule has 4 aliphatic rings. The van der Waals surface area contributed by atoms with Crippen LogP contribution in [0.2, 0.25) is 0 Å². The molecule has 1 aromatic heterocycles. The van der Waals surface area contributed by atoms with Crippen LogP contribution >= 0.6 is 23.1 Å². The number of non-ortho nitro benzene ring substituents is 1. The number of aromatic amines is 1. The second kappa shape index (κ2) is 10.8. The van der Waals surface area contributed by atoms with Gasteiger partial charge >= 0.3 is 4.87 Å². The summed E-state index contributed by atoms with van der Waals surface area (Å²) in [5, 5.41) is 12.7. The third-order valence-electron chi connectivity index (χ3n) is 10.1. The minimum atomic E-state index is -0.503. The zero-order valence-electron chi connectivity index (χ0n) is 24.9. The Balaban J connectivity index is 1.21. The molecule has 7 atom stereocenters. The van der Waals surface area contributed by atoms with Crippen molar-refractivity contribution in [2.24, 2.45) is 29.6 Å². The monoisotopic (exact) mass is 655 g/mol. The first-order valence-electron chi connectivity index (χ1n) is 15.1. The molecule has 10 nitrogen and oxygen atoms in total. The Bertz CT molecular complexity index is 1970. The highest BCUT2D eigenvalue weighted by Gasteiger charge is 2.70. The fraction of sp³-hybridized carbons (Fsp3) is 0.324. The van der Waals surface area contributed by atoms with Gasteiger partial charge in [0.05, 0.1) is 34.6 Å². The number of nitrogens with one attached hydrogen (secondary N) is 1. The Morgan fingerprint density at radius 1 is 1.00 bits per heavy atom. The van der Waals surface area contributed by atoms with E-state index in [0.717, 1.165) is 32.4 Å². The molecule has 46 heavy (non-hydrogen) atoms. The number of imide groups is 1. The van der Waals surface area contributed by atoms with E-state index in [2.05, 4.69) is 4.98 Å². The van der Waals surface area contributed by atoms with Crippen LogP contribution in [0.3, 0.4) is 0 Å². The van der Waals surface area contributed by atoms with Crippen LogP contribution < -0.4 is 19.2 Å². The number of anilines is 1. The molecule has 1 N–H and O–H groups in total. The molecule has 1 saturated heterocycles. The molecule has 12 heteroatoms. The first kappa shape index (κ1) is 29.0. The highest BCUT2D eigenvalue weighted by molar-refractivity contribution is 8.00. The molecular weight excluding hydrogens is 627 g/mol. The number of nitro benzene ring substituents is 1. The second-order valence-electron chi connectivity index (χ2n) is 12.4. The zero-order chi connectivity index (χ0) is 31.9. The summed E-state index contributed by atoms with van der Waals surface area (Å²) in [5.74, 6) is -1.01. The molecule has 2 aliphatic heterocycles. The van der Waals surface area contributed by atoms with Crippen LogP contribution in [0.1, 0.15) is 33.9 Å².